The van der Waals surface area contributed by atoms with Crippen molar-refractivity contribution in [2.24, 2.45) is 0 Å². The van der Waals surface area contributed by atoms with Crippen molar-refractivity contribution >= 4 is 11.8 Å². The Kier molecular flexibility index (Phi) is 3.44. The van der Waals surface area contributed by atoms with Crippen LogP contribution in [0.4, 0.5) is 0 Å². The van der Waals surface area contributed by atoms with Crippen LogP contribution in [-0.2, 0) is 10.8 Å². The fraction of sp³-hybridized carbons (Fsp3) is 0.500. The first kappa shape index (κ1) is 14.7. The Labute approximate surface area is 131 Å². The number of aryl methyl sites for hydroxylation is 1. The highest BCUT2D eigenvalue weighted by molar-refractivity contribution is 7.99. The van der Waals surface area contributed by atoms with E-state index in [0.29, 0.717) is 0 Å². The number of hydrogen-bond donors (Lipinski definition) is 1. The third-order valence-corrected chi connectivity index (χ3v) is 6.12. The summed E-state index contributed by atoms with van der Waals surface area (Å²) in [5.74, 6) is 3.27. The standard InChI is InChI=1S/C18H24N2S/c1-12-6-8-13(9-7-12)16-19-14-15(20-16)18(4,5)11-21-10-17(14,2)3/h6-9H,10-11H2,1-5H3,(H,19,20). The van der Waals surface area contributed by atoms with E-state index in [4.69, 9.17) is 4.98 Å². The predicted molar refractivity (Wildman–Crippen MR) is 92.1 cm³/mol. The Hall–Kier alpha value is -1.22. The van der Waals surface area contributed by atoms with Gasteiger partial charge in [-0.15, -0.1) is 0 Å². The summed E-state index contributed by atoms with van der Waals surface area (Å²) < 4.78 is 0. The maximum Gasteiger partial charge on any atom is 0.137 e. The first-order valence-corrected chi connectivity index (χ1v) is 8.71. The van der Waals surface area contributed by atoms with E-state index in [1.165, 1.54) is 22.5 Å². The summed E-state index contributed by atoms with van der Waals surface area (Å²) in [6.45, 7) is 11.4. The molecule has 1 aliphatic heterocycles. The Morgan fingerprint density at radius 2 is 1.62 bits per heavy atom. The van der Waals surface area contributed by atoms with E-state index >= 15 is 0 Å². The first-order chi connectivity index (χ1) is 9.79. The third-order valence-electron chi connectivity index (χ3n) is 4.27. The summed E-state index contributed by atoms with van der Waals surface area (Å²) in [6, 6.07) is 8.61. The number of nitrogens with zero attached hydrogens (tertiary/aromatic N) is 1. The van der Waals surface area contributed by atoms with Crippen LogP contribution in [0.1, 0.15) is 44.6 Å². The summed E-state index contributed by atoms with van der Waals surface area (Å²) in [4.78, 5) is 8.62. The van der Waals surface area contributed by atoms with Gasteiger partial charge in [-0.05, 0) is 6.92 Å². The lowest BCUT2D eigenvalue weighted by Gasteiger charge is -2.23. The number of benzene rings is 1. The zero-order valence-electron chi connectivity index (χ0n) is 13.6. The Bertz CT molecular complexity index is 617. The highest BCUT2D eigenvalue weighted by Gasteiger charge is 2.38. The lowest BCUT2D eigenvalue weighted by atomic mass is 9.82. The van der Waals surface area contributed by atoms with Crippen molar-refractivity contribution in [1.29, 1.82) is 0 Å². The Morgan fingerprint density at radius 1 is 1.00 bits per heavy atom. The van der Waals surface area contributed by atoms with Crippen molar-refractivity contribution in [2.75, 3.05) is 11.5 Å². The molecule has 0 amide bonds. The molecule has 1 N–H and O–H groups in total. The molecule has 3 rings (SSSR count). The topological polar surface area (TPSA) is 28.7 Å². The smallest absolute Gasteiger partial charge is 0.137 e. The minimum Gasteiger partial charge on any atom is -0.341 e. The molecule has 0 spiro atoms. The lowest BCUT2D eigenvalue weighted by Crippen LogP contribution is -2.24. The van der Waals surface area contributed by atoms with Gasteiger partial charge in [0.2, 0.25) is 0 Å². The monoisotopic (exact) mass is 300 g/mol. The highest BCUT2D eigenvalue weighted by atomic mass is 32.2. The third kappa shape index (κ3) is 2.64. The van der Waals surface area contributed by atoms with Crippen LogP contribution in [0.3, 0.4) is 0 Å². The fourth-order valence-electron chi connectivity index (χ4n) is 2.90. The molecule has 1 aromatic carbocycles. The second-order valence-electron chi connectivity index (χ2n) is 7.44. The van der Waals surface area contributed by atoms with Crippen LogP contribution in [0, 0.1) is 6.92 Å². The van der Waals surface area contributed by atoms with Gasteiger partial charge in [-0.1, -0.05) is 57.5 Å². The maximum absolute atomic E-state index is 4.99. The molecule has 0 saturated carbocycles. The van der Waals surface area contributed by atoms with Crippen molar-refractivity contribution in [3.8, 4) is 11.4 Å². The normalized spacial score (nSPS) is 19.9. The summed E-state index contributed by atoms with van der Waals surface area (Å²) in [6.07, 6.45) is 0. The molecule has 0 atom stereocenters. The molecule has 21 heavy (non-hydrogen) atoms. The number of nitrogens with one attached hydrogen (secondary N) is 1. The number of H-pyrrole nitrogens is 1. The summed E-state index contributed by atoms with van der Waals surface area (Å²) in [7, 11) is 0. The maximum atomic E-state index is 4.99. The van der Waals surface area contributed by atoms with Crippen LogP contribution in [-0.4, -0.2) is 21.5 Å². The number of aromatic amines is 1. The number of imidazole rings is 1. The van der Waals surface area contributed by atoms with Crippen molar-refractivity contribution in [3.05, 3.63) is 41.2 Å². The molecule has 3 heteroatoms. The molecule has 0 unspecified atom stereocenters. The van der Waals surface area contributed by atoms with E-state index in [-0.39, 0.29) is 10.8 Å². The number of hydrogen-bond acceptors (Lipinski definition) is 2. The molecule has 2 aromatic rings. The van der Waals surface area contributed by atoms with Crippen LogP contribution < -0.4 is 0 Å². The minimum atomic E-state index is 0.118. The van der Waals surface area contributed by atoms with E-state index in [9.17, 15) is 0 Å². The van der Waals surface area contributed by atoms with E-state index in [2.05, 4.69) is 63.9 Å². The Morgan fingerprint density at radius 3 is 2.29 bits per heavy atom. The fourth-order valence-corrected chi connectivity index (χ4v) is 4.31. The van der Waals surface area contributed by atoms with Gasteiger partial charge in [0.05, 0.1) is 5.69 Å². The van der Waals surface area contributed by atoms with Crippen molar-refractivity contribution in [2.45, 2.75) is 45.4 Å². The van der Waals surface area contributed by atoms with E-state index in [1.54, 1.807) is 0 Å². The number of thioether (sulfide) groups is 1. The van der Waals surface area contributed by atoms with E-state index < -0.39 is 0 Å². The SMILES string of the molecule is Cc1ccc(-c2nc3c([nH]2)C(C)(C)CSCC3(C)C)cc1. The molecule has 0 bridgehead atoms. The average Bonchev–Trinajstić information content (AvgIpc) is 2.82. The highest BCUT2D eigenvalue weighted by Crippen LogP contribution is 2.41. The van der Waals surface area contributed by atoms with Gasteiger partial charge in [-0.25, -0.2) is 4.98 Å². The minimum absolute atomic E-state index is 0.118. The summed E-state index contributed by atoms with van der Waals surface area (Å²) in [5, 5.41) is 0. The zero-order chi connectivity index (χ0) is 15.3. The van der Waals surface area contributed by atoms with Crippen LogP contribution >= 0.6 is 11.8 Å². The lowest BCUT2D eigenvalue weighted by molar-refractivity contribution is 0.539. The van der Waals surface area contributed by atoms with Crippen LogP contribution in [0.15, 0.2) is 24.3 Å². The Balaban J connectivity index is 2.14. The predicted octanol–water partition coefficient (Wildman–Crippen LogP) is 4.69. The van der Waals surface area contributed by atoms with Gasteiger partial charge in [0.1, 0.15) is 5.82 Å². The molecule has 2 nitrogen and oxygen atoms in total. The van der Waals surface area contributed by atoms with Crippen LogP contribution in [0.25, 0.3) is 11.4 Å². The van der Waals surface area contributed by atoms with Crippen LogP contribution in [0.5, 0.6) is 0 Å². The van der Waals surface area contributed by atoms with Crippen molar-refractivity contribution < 1.29 is 0 Å². The van der Waals surface area contributed by atoms with Crippen molar-refractivity contribution in [3.63, 3.8) is 0 Å². The zero-order valence-corrected chi connectivity index (χ0v) is 14.4. The molecule has 0 aliphatic carbocycles. The van der Waals surface area contributed by atoms with Gasteiger partial charge < -0.3 is 4.98 Å². The van der Waals surface area contributed by atoms with Gasteiger partial charge in [0.15, 0.2) is 0 Å². The number of rotatable bonds is 1. The molecular weight excluding hydrogens is 276 g/mol. The largest absolute Gasteiger partial charge is 0.341 e. The molecule has 2 heterocycles. The molecular formula is C18H24N2S. The molecule has 0 radical (unpaired) electrons. The van der Waals surface area contributed by atoms with E-state index in [1.807, 2.05) is 11.8 Å². The first-order valence-electron chi connectivity index (χ1n) is 7.55. The van der Waals surface area contributed by atoms with Gasteiger partial charge >= 0.3 is 0 Å². The molecule has 112 valence electrons. The molecule has 1 aromatic heterocycles. The second-order valence-corrected chi connectivity index (χ2v) is 8.42. The van der Waals surface area contributed by atoms with Gasteiger partial charge in [0.25, 0.3) is 0 Å². The number of aromatic nitrogens is 2. The average molecular weight is 300 g/mol. The second kappa shape index (κ2) is 4.91. The van der Waals surface area contributed by atoms with Gasteiger partial charge in [0, 0.05) is 33.6 Å². The quantitative estimate of drug-likeness (QED) is 0.828. The molecule has 0 saturated heterocycles. The van der Waals surface area contributed by atoms with Crippen molar-refractivity contribution in [1.82, 2.24) is 9.97 Å². The van der Waals surface area contributed by atoms with Crippen LogP contribution in [0.2, 0.25) is 0 Å². The van der Waals surface area contributed by atoms with Gasteiger partial charge in [-0.3, -0.25) is 0 Å². The number of fused-ring (bicyclic) bond motifs is 1. The molecule has 0 fully saturated rings. The summed E-state index contributed by atoms with van der Waals surface area (Å²) >= 11 is 2.03. The molecule has 1 aliphatic rings. The summed E-state index contributed by atoms with van der Waals surface area (Å²) in [5.41, 5.74) is 5.27. The van der Waals surface area contributed by atoms with Gasteiger partial charge in [-0.2, -0.15) is 11.8 Å². The van der Waals surface area contributed by atoms with E-state index in [0.717, 1.165) is 17.3 Å².